The Bertz CT molecular complexity index is 791. The first-order valence-corrected chi connectivity index (χ1v) is 7.80. The minimum atomic E-state index is -0.391. The van der Waals surface area contributed by atoms with Crippen molar-refractivity contribution in [2.24, 2.45) is 4.99 Å². The molecule has 0 atom stereocenters. The molecular formula is C19H16ClNO2. The van der Waals surface area contributed by atoms with Crippen LogP contribution in [0, 0.1) is 6.92 Å². The molecule has 0 aromatic heterocycles. The van der Waals surface area contributed by atoms with Gasteiger partial charge in [-0.2, -0.15) is 0 Å². The summed E-state index contributed by atoms with van der Waals surface area (Å²) in [6, 6.07) is 15.5. The van der Waals surface area contributed by atoms with Crippen molar-refractivity contribution in [3.8, 4) is 0 Å². The van der Waals surface area contributed by atoms with Crippen molar-refractivity contribution in [1.29, 1.82) is 0 Å². The van der Waals surface area contributed by atoms with Crippen LogP contribution in [0.1, 0.15) is 23.1 Å². The van der Waals surface area contributed by atoms with E-state index in [4.69, 9.17) is 16.3 Å². The Balaban J connectivity index is 1.70. The van der Waals surface area contributed by atoms with Gasteiger partial charge in [0.25, 0.3) is 0 Å². The molecule has 0 spiro atoms. The quantitative estimate of drug-likeness (QED) is 0.609. The van der Waals surface area contributed by atoms with Gasteiger partial charge >= 0.3 is 5.97 Å². The second-order valence-electron chi connectivity index (χ2n) is 5.47. The summed E-state index contributed by atoms with van der Waals surface area (Å²) in [5.41, 5.74) is 3.56. The van der Waals surface area contributed by atoms with Crippen molar-refractivity contribution in [1.82, 2.24) is 0 Å². The molecule has 0 fully saturated rings. The van der Waals surface area contributed by atoms with Gasteiger partial charge < -0.3 is 4.74 Å². The molecule has 1 heterocycles. The molecule has 23 heavy (non-hydrogen) atoms. The molecule has 1 aliphatic rings. The van der Waals surface area contributed by atoms with Crippen LogP contribution in [-0.4, -0.2) is 11.9 Å². The predicted octanol–water partition coefficient (Wildman–Crippen LogP) is 4.58. The van der Waals surface area contributed by atoms with E-state index in [-0.39, 0.29) is 0 Å². The zero-order chi connectivity index (χ0) is 16.2. The van der Waals surface area contributed by atoms with Gasteiger partial charge in [-0.05, 0) is 42.7 Å². The number of nitrogens with zero attached hydrogens (tertiary/aromatic N) is 1. The molecule has 0 N–H and O–H groups in total. The zero-order valence-corrected chi connectivity index (χ0v) is 13.5. The highest BCUT2D eigenvalue weighted by Crippen LogP contribution is 2.19. The predicted molar refractivity (Wildman–Crippen MR) is 92.5 cm³/mol. The first kappa shape index (κ1) is 15.5. The number of halogens is 1. The Morgan fingerprint density at radius 3 is 2.65 bits per heavy atom. The number of aliphatic imine (C=N–C) groups is 1. The van der Waals surface area contributed by atoms with Gasteiger partial charge in [0.1, 0.15) is 0 Å². The van der Waals surface area contributed by atoms with E-state index in [0.717, 1.165) is 23.1 Å². The lowest BCUT2D eigenvalue weighted by molar-refractivity contribution is -0.130. The van der Waals surface area contributed by atoms with Gasteiger partial charge in [-0.15, -0.1) is 0 Å². The van der Waals surface area contributed by atoms with E-state index in [9.17, 15) is 4.79 Å². The highest BCUT2D eigenvalue weighted by Gasteiger charge is 2.22. The second-order valence-corrected chi connectivity index (χ2v) is 5.90. The minimum absolute atomic E-state index is 0.349. The number of ether oxygens (including phenoxy) is 1. The van der Waals surface area contributed by atoms with E-state index in [1.54, 1.807) is 6.08 Å². The van der Waals surface area contributed by atoms with E-state index in [2.05, 4.69) is 4.99 Å². The van der Waals surface area contributed by atoms with Gasteiger partial charge in [0.2, 0.25) is 0 Å². The molecule has 0 radical (unpaired) electrons. The van der Waals surface area contributed by atoms with Gasteiger partial charge in [0.05, 0.1) is 0 Å². The summed E-state index contributed by atoms with van der Waals surface area (Å²) in [7, 11) is 0. The third-order valence-corrected chi connectivity index (χ3v) is 3.80. The lowest BCUT2D eigenvalue weighted by atomic mass is 10.1. The van der Waals surface area contributed by atoms with Crippen molar-refractivity contribution < 1.29 is 9.53 Å². The number of rotatable bonds is 4. The summed E-state index contributed by atoms with van der Waals surface area (Å²) < 4.78 is 5.24. The molecule has 1 aliphatic heterocycles. The first-order valence-electron chi connectivity index (χ1n) is 7.43. The number of benzene rings is 2. The van der Waals surface area contributed by atoms with Gasteiger partial charge in [-0.25, -0.2) is 9.79 Å². The van der Waals surface area contributed by atoms with Crippen LogP contribution >= 0.6 is 11.6 Å². The number of hydrogen-bond donors (Lipinski definition) is 0. The molecule has 116 valence electrons. The molecular weight excluding hydrogens is 310 g/mol. The second kappa shape index (κ2) is 6.80. The van der Waals surface area contributed by atoms with Crippen LogP contribution in [0.5, 0.6) is 0 Å². The van der Waals surface area contributed by atoms with Crippen LogP contribution in [0.3, 0.4) is 0 Å². The number of aryl methyl sites for hydroxylation is 2. The fourth-order valence-corrected chi connectivity index (χ4v) is 2.51. The van der Waals surface area contributed by atoms with Gasteiger partial charge in [-0.3, -0.25) is 0 Å². The number of cyclic esters (lactones) is 1. The molecule has 0 amide bonds. The molecule has 0 aliphatic carbocycles. The van der Waals surface area contributed by atoms with Crippen molar-refractivity contribution in [2.75, 3.05) is 0 Å². The third kappa shape index (κ3) is 4.08. The van der Waals surface area contributed by atoms with Crippen molar-refractivity contribution >= 4 is 29.5 Å². The smallest absolute Gasteiger partial charge is 0.363 e. The van der Waals surface area contributed by atoms with Gasteiger partial charge in [-0.1, -0.05) is 53.6 Å². The highest BCUT2D eigenvalue weighted by molar-refractivity contribution is 6.30. The Kier molecular flexibility index (Phi) is 4.58. The summed E-state index contributed by atoms with van der Waals surface area (Å²) in [4.78, 5) is 16.2. The lowest BCUT2D eigenvalue weighted by Gasteiger charge is -2.00. The van der Waals surface area contributed by atoms with Crippen LogP contribution in [0.15, 0.2) is 59.2 Å². The summed E-state index contributed by atoms with van der Waals surface area (Å²) in [6.45, 7) is 2.01. The monoisotopic (exact) mass is 325 g/mol. The van der Waals surface area contributed by atoms with Gasteiger partial charge in [0, 0.05) is 11.4 Å². The summed E-state index contributed by atoms with van der Waals surface area (Å²) in [5.74, 6) is 0.0708. The fourth-order valence-electron chi connectivity index (χ4n) is 2.38. The van der Waals surface area contributed by atoms with Crippen LogP contribution in [-0.2, 0) is 16.0 Å². The van der Waals surface area contributed by atoms with Crippen LogP contribution < -0.4 is 0 Å². The maximum absolute atomic E-state index is 11.9. The first-order chi connectivity index (χ1) is 11.1. The maximum Gasteiger partial charge on any atom is 0.363 e. The summed E-state index contributed by atoms with van der Waals surface area (Å²) in [5, 5.41) is 0.710. The molecule has 3 rings (SSSR count). The van der Waals surface area contributed by atoms with Crippen LogP contribution in [0.2, 0.25) is 5.02 Å². The van der Waals surface area contributed by atoms with Crippen molar-refractivity contribution in [3.63, 3.8) is 0 Å². The molecule has 0 unspecified atom stereocenters. The lowest BCUT2D eigenvalue weighted by Crippen LogP contribution is -2.05. The molecule has 0 bridgehead atoms. The van der Waals surface area contributed by atoms with E-state index >= 15 is 0 Å². The number of hydrogen-bond acceptors (Lipinski definition) is 3. The van der Waals surface area contributed by atoms with Crippen LogP contribution in [0.25, 0.3) is 6.08 Å². The average Bonchev–Trinajstić information content (AvgIpc) is 2.87. The standard InChI is InChI=1S/C19H16ClNO2/c1-13-3-2-4-15(11-13)12-17-19(22)23-18(21-17)10-7-14-5-8-16(20)9-6-14/h2-6,8-9,11-12H,7,10H2,1H3/b17-12+. The molecule has 2 aromatic carbocycles. The highest BCUT2D eigenvalue weighted by atomic mass is 35.5. The molecule has 4 heteroatoms. The zero-order valence-electron chi connectivity index (χ0n) is 12.8. The average molecular weight is 326 g/mol. The number of carbonyl (C=O) groups is 1. The van der Waals surface area contributed by atoms with E-state index in [1.165, 1.54) is 0 Å². The van der Waals surface area contributed by atoms with Crippen molar-refractivity contribution in [2.45, 2.75) is 19.8 Å². The fraction of sp³-hybridized carbons (Fsp3) is 0.158. The molecule has 0 saturated heterocycles. The third-order valence-electron chi connectivity index (χ3n) is 3.55. The van der Waals surface area contributed by atoms with E-state index in [1.807, 2.05) is 55.5 Å². The van der Waals surface area contributed by atoms with Gasteiger partial charge in [0.15, 0.2) is 11.6 Å². The normalized spacial score (nSPS) is 15.7. The number of esters is 1. The minimum Gasteiger partial charge on any atom is -0.407 e. The van der Waals surface area contributed by atoms with Crippen molar-refractivity contribution in [3.05, 3.63) is 75.9 Å². The van der Waals surface area contributed by atoms with Crippen LogP contribution in [0.4, 0.5) is 0 Å². The number of carbonyl (C=O) groups excluding carboxylic acids is 1. The largest absolute Gasteiger partial charge is 0.407 e. The van der Waals surface area contributed by atoms with E-state index in [0.29, 0.717) is 23.0 Å². The summed E-state index contributed by atoms with van der Waals surface area (Å²) >= 11 is 5.86. The topological polar surface area (TPSA) is 38.7 Å². The Morgan fingerprint density at radius 1 is 1.13 bits per heavy atom. The molecule has 3 nitrogen and oxygen atoms in total. The summed E-state index contributed by atoms with van der Waals surface area (Å²) in [6.07, 6.45) is 3.09. The SMILES string of the molecule is Cc1cccc(/C=C2/N=C(CCc3ccc(Cl)cc3)OC2=O)c1. The Hall–Kier alpha value is -2.39. The maximum atomic E-state index is 11.9. The molecule has 0 saturated carbocycles. The Morgan fingerprint density at radius 2 is 1.91 bits per heavy atom. The Labute approximate surface area is 140 Å². The van der Waals surface area contributed by atoms with E-state index < -0.39 is 5.97 Å². The molecule has 2 aromatic rings.